The highest BCUT2D eigenvalue weighted by Gasteiger charge is 2.23. The number of halogens is 2. The van der Waals surface area contributed by atoms with Crippen molar-refractivity contribution in [3.05, 3.63) is 105 Å². The van der Waals surface area contributed by atoms with Crippen molar-refractivity contribution in [1.29, 1.82) is 0 Å². The highest BCUT2D eigenvalue weighted by molar-refractivity contribution is 6.31. The molecule has 206 valence electrons. The van der Waals surface area contributed by atoms with Crippen LogP contribution in [0.3, 0.4) is 0 Å². The van der Waals surface area contributed by atoms with Gasteiger partial charge in [0.25, 0.3) is 5.91 Å². The van der Waals surface area contributed by atoms with E-state index in [2.05, 4.69) is 15.8 Å². The quantitative estimate of drug-likeness (QED) is 0.200. The van der Waals surface area contributed by atoms with E-state index in [-0.39, 0.29) is 17.7 Å². The van der Waals surface area contributed by atoms with E-state index in [1.165, 1.54) is 12.1 Å². The smallest absolute Gasteiger partial charge is 0.412 e. The van der Waals surface area contributed by atoms with E-state index < -0.39 is 30.1 Å². The summed E-state index contributed by atoms with van der Waals surface area (Å²) in [6, 6.07) is 18.9. The Morgan fingerprint density at radius 3 is 2.33 bits per heavy atom. The monoisotopic (exact) mass is 581 g/mol. The lowest BCUT2D eigenvalue weighted by Gasteiger charge is -2.16. The summed E-state index contributed by atoms with van der Waals surface area (Å²) in [5.41, 5.74) is 2.88. The van der Waals surface area contributed by atoms with E-state index in [9.17, 15) is 19.5 Å². The number of amides is 2. The van der Waals surface area contributed by atoms with Crippen LogP contribution in [0, 0.1) is 6.92 Å². The van der Waals surface area contributed by atoms with Crippen LogP contribution in [0.1, 0.15) is 40.2 Å². The zero-order valence-electron chi connectivity index (χ0n) is 21.5. The number of aryl methyl sites for hydroxylation is 1. The molecule has 0 aliphatic heterocycles. The van der Waals surface area contributed by atoms with Crippen molar-refractivity contribution in [3.63, 3.8) is 0 Å². The Kier molecular flexibility index (Phi) is 9.08. The summed E-state index contributed by atoms with van der Waals surface area (Å²) in [6.07, 6.45) is -1.24. The van der Waals surface area contributed by atoms with Crippen LogP contribution in [0.4, 0.5) is 10.5 Å². The van der Waals surface area contributed by atoms with Gasteiger partial charge in [0.05, 0.1) is 0 Å². The summed E-state index contributed by atoms with van der Waals surface area (Å²) in [4.78, 5) is 37.2. The molecule has 40 heavy (non-hydrogen) atoms. The van der Waals surface area contributed by atoms with Crippen molar-refractivity contribution in [1.82, 2.24) is 10.5 Å². The molecule has 9 nitrogen and oxygen atoms in total. The van der Waals surface area contributed by atoms with Crippen molar-refractivity contribution in [2.45, 2.75) is 32.4 Å². The average Bonchev–Trinajstić information content (AvgIpc) is 3.29. The fourth-order valence-electron chi connectivity index (χ4n) is 3.95. The molecule has 0 aliphatic rings. The lowest BCUT2D eigenvalue weighted by molar-refractivity contribution is -0.139. The van der Waals surface area contributed by atoms with Crippen molar-refractivity contribution >= 4 is 46.9 Å². The standard InChI is InChI=1S/C29H25Cl2N3O6/c1-16-25(33-29(38)39-17(2)22-5-3-4-6-23(22)31)26(40-34-16)19-9-11-20(12-10-19)27(35)32-24(28(36)37)15-18-7-13-21(30)14-8-18/h3-14,17,24H,15H2,1-2H3,(H,32,35)(H,33,38)(H,36,37)/t17-,24-/m1/s1. The molecule has 0 saturated heterocycles. The zero-order chi connectivity index (χ0) is 28.8. The van der Waals surface area contributed by atoms with Crippen molar-refractivity contribution in [2.75, 3.05) is 5.32 Å². The molecule has 3 aromatic carbocycles. The van der Waals surface area contributed by atoms with E-state index in [0.717, 1.165) is 0 Å². The minimum atomic E-state index is -1.16. The number of ether oxygens (including phenoxy) is 1. The first-order valence-corrected chi connectivity index (χ1v) is 12.9. The zero-order valence-corrected chi connectivity index (χ0v) is 23.0. The first-order chi connectivity index (χ1) is 19.1. The molecule has 1 heterocycles. The molecule has 11 heteroatoms. The normalized spacial score (nSPS) is 12.3. The number of carboxylic acids is 1. The van der Waals surface area contributed by atoms with Gasteiger partial charge >= 0.3 is 12.1 Å². The fourth-order valence-corrected chi connectivity index (χ4v) is 4.36. The van der Waals surface area contributed by atoms with Gasteiger partial charge in [-0.05, 0) is 49.7 Å². The number of nitrogens with one attached hydrogen (secondary N) is 2. The van der Waals surface area contributed by atoms with Crippen LogP contribution in [0.25, 0.3) is 11.3 Å². The van der Waals surface area contributed by atoms with Gasteiger partial charge in [0.1, 0.15) is 23.5 Å². The molecule has 2 amide bonds. The van der Waals surface area contributed by atoms with Gasteiger partial charge in [0, 0.05) is 33.2 Å². The number of hydrogen-bond acceptors (Lipinski definition) is 6. The summed E-state index contributed by atoms with van der Waals surface area (Å²) in [7, 11) is 0. The molecule has 0 spiro atoms. The Morgan fingerprint density at radius 1 is 1.00 bits per heavy atom. The van der Waals surface area contributed by atoms with Crippen LogP contribution in [-0.4, -0.2) is 34.3 Å². The molecular formula is C29H25Cl2N3O6. The van der Waals surface area contributed by atoms with Gasteiger partial charge in [-0.25, -0.2) is 9.59 Å². The fraction of sp³-hybridized carbons (Fsp3) is 0.172. The largest absolute Gasteiger partial charge is 0.480 e. The number of carbonyl (C=O) groups is 3. The molecule has 2 atom stereocenters. The number of carbonyl (C=O) groups excluding carboxylic acids is 2. The second-order valence-electron chi connectivity index (χ2n) is 8.94. The molecule has 0 aliphatic carbocycles. The molecule has 0 fully saturated rings. The predicted octanol–water partition coefficient (Wildman–Crippen LogP) is 6.69. The van der Waals surface area contributed by atoms with Crippen molar-refractivity contribution in [3.8, 4) is 11.3 Å². The SMILES string of the molecule is Cc1noc(-c2ccc(C(=O)N[C@H](Cc3ccc(Cl)cc3)C(=O)O)cc2)c1NC(=O)O[C@H](C)c1ccccc1Cl. The van der Waals surface area contributed by atoms with Crippen LogP contribution in [0.5, 0.6) is 0 Å². The number of anilines is 1. The second kappa shape index (κ2) is 12.7. The highest BCUT2D eigenvalue weighted by Crippen LogP contribution is 2.32. The number of aromatic nitrogens is 1. The topological polar surface area (TPSA) is 131 Å². The van der Waals surface area contributed by atoms with Crippen LogP contribution < -0.4 is 10.6 Å². The predicted molar refractivity (Wildman–Crippen MR) is 151 cm³/mol. The lowest BCUT2D eigenvalue weighted by Crippen LogP contribution is -2.42. The van der Waals surface area contributed by atoms with Crippen LogP contribution >= 0.6 is 23.2 Å². The highest BCUT2D eigenvalue weighted by atomic mass is 35.5. The van der Waals surface area contributed by atoms with E-state index in [1.54, 1.807) is 74.5 Å². The van der Waals surface area contributed by atoms with E-state index >= 15 is 0 Å². The Morgan fingerprint density at radius 2 is 1.68 bits per heavy atom. The molecule has 4 aromatic rings. The number of benzene rings is 3. The molecule has 0 radical (unpaired) electrons. The van der Waals surface area contributed by atoms with Gasteiger partial charge in [-0.3, -0.25) is 10.1 Å². The first kappa shape index (κ1) is 28.7. The van der Waals surface area contributed by atoms with Crippen LogP contribution in [0.15, 0.2) is 77.3 Å². The van der Waals surface area contributed by atoms with Gasteiger partial charge in [-0.15, -0.1) is 0 Å². The minimum absolute atomic E-state index is 0.0912. The summed E-state index contributed by atoms with van der Waals surface area (Å²) < 4.78 is 10.9. The number of nitrogens with zero attached hydrogens (tertiary/aromatic N) is 1. The first-order valence-electron chi connectivity index (χ1n) is 12.2. The van der Waals surface area contributed by atoms with Gasteiger partial charge < -0.3 is 19.7 Å². The third-order valence-electron chi connectivity index (χ3n) is 6.08. The Hall–Kier alpha value is -4.34. The summed E-state index contributed by atoms with van der Waals surface area (Å²) in [5, 5.41) is 19.8. The van der Waals surface area contributed by atoms with Crippen molar-refractivity contribution < 1.29 is 28.8 Å². The Labute approximate surface area is 240 Å². The molecule has 0 unspecified atom stereocenters. The molecule has 3 N–H and O–H groups in total. The van der Waals surface area contributed by atoms with E-state index in [4.69, 9.17) is 32.5 Å². The molecule has 0 saturated carbocycles. The second-order valence-corrected chi connectivity index (χ2v) is 9.78. The third kappa shape index (κ3) is 6.99. The minimum Gasteiger partial charge on any atom is -0.480 e. The van der Waals surface area contributed by atoms with Crippen LogP contribution in [-0.2, 0) is 16.0 Å². The number of aliphatic carboxylic acids is 1. The Balaban J connectivity index is 1.43. The third-order valence-corrected chi connectivity index (χ3v) is 6.68. The molecule has 4 rings (SSSR count). The molecular weight excluding hydrogens is 557 g/mol. The summed E-state index contributed by atoms with van der Waals surface area (Å²) >= 11 is 12.1. The lowest BCUT2D eigenvalue weighted by atomic mass is 10.0. The summed E-state index contributed by atoms with van der Waals surface area (Å²) in [5.74, 6) is -1.46. The van der Waals surface area contributed by atoms with Crippen molar-refractivity contribution in [2.24, 2.45) is 0 Å². The average molecular weight is 582 g/mol. The number of hydrogen-bond donors (Lipinski definition) is 3. The van der Waals surface area contributed by atoms with Gasteiger partial charge in [0.15, 0.2) is 5.76 Å². The molecule has 0 bridgehead atoms. The van der Waals surface area contributed by atoms with Crippen LogP contribution in [0.2, 0.25) is 10.0 Å². The maximum Gasteiger partial charge on any atom is 0.412 e. The Bertz CT molecular complexity index is 1520. The molecule has 1 aromatic heterocycles. The van der Waals surface area contributed by atoms with E-state index in [0.29, 0.717) is 38.1 Å². The number of carboxylic acid groups (broad SMARTS) is 1. The summed E-state index contributed by atoms with van der Waals surface area (Å²) in [6.45, 7) is 3.37. The van der Waals surface area contributed by atoms with Gasteiger partial charge in [-0.2, -0.15) is 0 Å². The maximum absolute atomic E-state index is 12.8. The van der Waals surface area contributed by atoms with E-state index in [1.807, 2.05) is 0 Å². The van der Waals surface area contributed by atoms with Gasteiger partial charge in [0.2, 0.25) is 0 Å². The number of rotatable bonds is 9. The maximum atomic E-state index is 12.8. The van der Waals surface area contributed by atoms with Gasteiger partial charge in [-0.1, -0.05) is 70.8 Å².